The molecule has 1 N–H and O–H groups in total. The minimum atomic E-state index is 0.0739. The number of nitriles is 1. The fraction of sp³-hybridized carbons (Fsp3) is 0.267. The number of anilines is 1. The molecule has 1 aromatic heterocycles. The smallest absolute Gasteiger partial charge is 0.158 e. The van der Waals surface area contributed by atoms with E-state index in [0.29, 0.717) is 24.0 Å². The van der Waals surface area contributed by atoms with Crippen molar-refractivity contribution in [3.63, 3.8) is 0 Å². The van der Waals surface area contributed by atoms with Gasteiger partial charge in [0.15, 0.2) is 5.69 Å². The summed E-state index contributed by atoms with van der Waals surface area (Å²) >= 11 is 0. The van der Waals surface area contributed by atoms with Gasteiger partial charge in [0.1, 0.15) is 23.7 Å². The van der Waals surface area contributed by atoms with Crippen LogP contribution < -0.4 is 10.1 Å². The van der Waals surface area contributed by atoms with Crippen LogP contribution in [-0.2, 0) is 0 Å². The van der Waals surface area contributed by atoms with Crippen LogP contribution in [0.1, 0.15) is 24.1 Å². The largest absolute Gasteiger partial charge is 0.488 e. The van der Waals surface area contributed by atoms with Crippen molar-refractivity contribution < 1.29 is 4.74 Å². The number of benzene rings is 1. The normalized spacial score (nSPS) is 19.8. The lowest BCUT2D eigenvalue weighted by Crippen LogP contribution is -2.26. The van der Waals surface area contributed by atoms with E-state index >= 15 is 0 Å². The van der Waals surface area contributed by atoms with Crippen molar-refractivity contribution in [2.45, 2.75) is 18.9 Å². The van der Waals surface area contributed by atoms with E-state index in [1.54, 1.807) is 6.20 Å². The Hall–Kier alpha value is -2.61. The van der Waals surface area contributed by atoms with Crippen molar-refractivity contribution in [1.29, 1.82) is 5.26 Å². The first kappa shape index (κ1) is 12.4. The number of para-hydroxylation sites is 1. The van der Waals surface area contributed by atoms with Gasteiger partial charge in [-0.05, 0) is 6.07 Å². The van der Waals surface area contributed by atoms with Crippen molar-refractivity contribution in [3.05, 3.63) is 47.9 Å². The third-order valence-corrected chi connectivity index (χ3v) is 3.50. The molecule has 3 rings (SSSR count). The predicted octanol–water partition coefficient (Wildman–Crippen LogP) is 2.32. The highest BCUT2D eigenvalue weighted by molar-refractivity contribution is 5.41. The van der Waals surface area contributed by atoms with Gasteiger partial charge in [0.05, 0.1) is 18.9 Å². The molecule has 1 aliphatic rings. The van der Waals surface area contributed by atoms with Gasteiger partial charge in [-0.3, -0.25) is 0 Å². The Labute approximate surface area is 117 Å². The average Bonchev–Trinajstić information content (AvgIpc) is 2.83. The maximum Gasteiger partial charge on any atom is 0.158 e. The molecule has 0 bridgehead atoms. The number of nitrogens with one attached hydrogen (secondary N) is 1. The summed E-state index contributed by atoms with van der Waals surface area (Å²) < 4.78 is 5.92. The van der Waals surface area contributed by atoms with Crippen LogP contribution in [0.2, 0.25) is 0 Å². The van der Waals surface area contributed by atoms with Gasteiger partial charge in [0, 0.05) is 11.5 Å². The van der Waals surface area contributed by atoms with Gasteiger partial charge in [-0.25, -0.2) is 9.97 Å². The van der Waals surface area contributed by atoms with Crippen molar-refractivity contribution in [2.75, 3.05) is 11.9 Å². The monoisotopic (exact) mass is 266 g/mol. The predicted molar refractivity (Wildman–Crippen MR) is 74.5 cm³/mol. The maximum atomic E-state index is 8.67. The highest BCUT2D eigenvalue weighted by Crippen LogP contribution is 2.37. The molecule has 1 aliphatic heterocycles. The fourth-order valence-electron chi connectivity index (χ4n) is 2.33. The molecule has 0 aliphatic carbocycles. The highest BCUT2D eigenvalue weighted by Gasteiger charge is 2.30. The molecular formula is C15H14N4O. The second-order valence-electron chi connectivity index (χ2n) is 4.76. The minimum Gasteiger partial charge on any atom is -0.488 e. The summed E-state index contributed by atoms with van der Waals surface area (Å²) in [7, 11) is 0. The van der Waals surface area contributed by atoms with Crippen molar-refractivity contribution in [3.8, 4) is 11.8 Å². The molecular weight excluding hydrogens is 252 g/mol. The number of ether oxygens (including phenoxy) is 1. The fourth-order valence-corrected chi connectivity index (χ4v) is 2.33. The summed E-state index contributed by atoms with van der Waals surface area (Å²) in [5, 5.41) is 11.9. The summed E-state index contributed by atoms with van der Waals surface area (Å²) in [5.74, 6) is 1.94. The number of fused-ring (bicyclic) bond motifs is 1. The van der Waals surface area contributed by atoms with E-state index in [9.17, 15) is 0 Å². The third kappa shape index (κ3) is 2.28. The van der Waals surface area contributed by atoms with Gasteiger partial charge in [-0.15, -0.1) is 0 Å². The van der Waals surface area contributed by atoms with Crippen LogP contribution in [0.5, 0.6) is 5.75 Å². The van der Waals surface area contributed by atoms with Gasteiger partial charge in [0.25, 0.3) is 0 Å². The van der Waals surface area contributed by atoms with E-state index in [0.717, 1.165) is 5.75 Å². The summed E-state index contributed by atoms with van der Waals surface area (Å²) in [4.78, 5) is 8.11. The zero-order valence-corrected chi connectivity index (χ0v) is 11.1. The number of nitrogens with zero attached hydrogens (tertiary/aromatic N) is 3. The molecule has 1 aromatic carbocycles. The van der Waals surface area contributed by atoms with Gasteiger partial charge in [0.2, 0.25) is 0 Å². The van der Waals surface area contributed by atoms with E-state index in [2.05, 4.69) is 28.3 Å². The average molecular weight is 266 g/mol. The molecule has 0 unspecified atom stereocenters. The second-order valence-corrected chi connectivity index (χ2v) is 4.76. The molecule has 5 heteroatoms. The Balaban J connectivity index is 1.64. The van der Waals surface area contributed by atoms with Gasteiger partial charge < -0.3 is 10.1 Å². The number of hydrogen-bond donors (Lipinski definition) is 1. The highest BCUT2D eigenvalue weighted by atomic mass is 16.5. The summed E-state index contributed by atoms with van der Waals surface area (Å²) in [6, 6.07) is 10.0. The third-order valence-electron chi connectivity index (χ3n) is 3.50. The Kier molecular flexibility index (Phi) is 3.21. The van der Waals surface area contributed by atoms with Crippen LogP contribution in [0.25, 0.3) is 0 Å². The lowest BCUT2D eigenvalue weighted by Gasteiger charge is -2.16. The van der Waals surface area contributed by atoms with Crippen LogP contribution in [0.4, 0.5) is 5.82 Å². The standard InChI is InChI=1S/C15H14N4O/c1-10-12-4-2-3-5-13(12)20-14(10)8-19-15-9-17-11(6-16)7-18-15/h2-5,7,9-10,14H,8H2,1H3,(H,18,19)/t10-,14-/m1/s1. The van der Waals surface area contributed by atoms with Gasteiger partial charge in [-0.2, -0.15) is 5.26 Å². The summed E-state index contributed by atoms with van der Waals surface area (Å²) in [5.41, 5.74) is 1.55. The van der Waals surface area contributed by atoms with Gasteiger partial charge >= 0.3 is 0 Å². The molecule has 5 nitrogen and oxygen atoms in total. The van der Waals surface area contributed by atoms with Crippen LogP contribution >= 0.6 is 0 Å². The van der Waals surface area contributed by atoms with Gasteiger partial charge in [-0.1, -0.05) is 25.1 Å². The maximum absolute atomic E-state index is 8.67. The molecule has 0 amide bonds. The second kappa shape index (κ2) is 5.17. The quantitative estimate of drug-likeness (QED) is 0.923. The van der Waals surface area contributed by atoms with E-state index in [4.69, 9.17) is 10.00 Å². The Morgan fingerprint density at radius 3 is 2.85 bits per heavy atom. The molecule has 2 aromatic rings. The molecule has 2 heterocycles. The first-order valence-electron chi connectivity index (χ1n) is 6.49. The molecule has 0 saturated carbocycles. The van der Waals surface area contributed by atoms with E-state index in [-0.39, 0.29) is 6.10 Å². The topological polar surface area (TPSA) is 70.8 Å². The number of aromatic nitrogens is 2. The van der Waals surface area contributed by atoms with E-state index < -0.39 is 0 Å². The van der Waals surface area contributed by atoms with E-state index in [1.807, 2.05) is 24.3 Å². The molecule has 100 valence electrons. The van der Waals surface area contributed by atoms with Crippen LogP contribution in [0, 0.1) is 11.3 Å². The molecule has 0 radical (unpaired) electrons. The minimum absolute atomic E-state index is 0.0739. The van der Waals surface area contributed by atoms with Crippen molar-refractivity contribution >= 4 is 5.82 Å². The van der Waals surface area contributed by atoms with Crippen LogP contribution in [-0.4, -0.2) is 22.6 Å². The molecule has 20 heavy (non-hydrogen) atoms. The molecule has 0 spiro atoms. The lowest BCUT2D eigenvalue weighted by atomic mass is 9.98. The lowest BCUT2D eigenvalue weighted by molar-refractivity contribution is 0.224. The Morgan fingerprint density at radius 2 is 2.15 bits per heavy atom. The zero-order chi connectivity index (χ0) is 13.9. The summed E-state index contributed by atoms with van der Waals surface area (Å²) in [6.07, 6.45) is 3.09. The SMILES string of the molecule is C[C@@H]1c2ccccc2O[C@@H]1CNc1cnc(C#N)cn1. The first-order chi connectivity index (χ1) is 9.78. The Morgan fingerprint density at radius 1 is 1.30 bits per heavy atom. The van der Waals surface area contributed by atoms with Crippen molar-refractivity contribution in [2.24, 2.45) is 0 Å². The van der Waals surface area contributed by atoms with Crippen LogP contribution in [0.3, 0.4) is 0 Å². The summed E-state index contributed by atoms with van der Waals surface area (Å²) in [6.45, 7) is 2.80. The zero-order valence-electron chi connectivity index (χ0n) is 11.1. The first-order valence-corrected chi connectivity index (χ1v) is 6.49. The molecule has 0 saturated heterocycles. The number of hydrogen-bond acceptors (Lipinski definition) is 5. The van der Waals surface area contributed by atoms with Crippen molar-refractivity contribution in [1.82, 2.24) is 9.97 Å². The Bertz CT molecular complexity index is 648. The molecule has 2 atom stereocenters. The van der Waals surface area contributed by atoms with Crippen LogP contribution in [0.15, 0.2) is 36.7 Å². The number of rotatable bonds is 3. The molecule has 0 fully saturated rings. The van der Waals surface area contributed by atoms with E-state index in [1.165, 1.54) is 11.8 Å².